The van der Waals surface area contributed by atoms with Crippen molar-refractivity contribution in [1.29, 1.82) is 0 Å². The molecular formula is C9H11FN2O2. The molecule has 0 amide bonds. The van der Waals surface area contributed by atoms with E-state index in [2.05, 4.69) is 0 Å². The lowest BCUT2D eigenvalue weighted by Gasteiger charge is -2.15. The van der Waals surface area contributed by atoms with Crippen molar-refractivity contribution in [1.82, 2.24) is 0 Å². The Bertz CT molecular complexity index is 377. The van der Waals surface area contributed by atoms with Gasteiger partial charge in [-0.2, -0.15) is 0 Å². The second-order valence-corrected chi connectivity index (χ2v) is 3.22. The molecule has 0 atom stereocenters. The van der Waals surface area contributed by atoms with Gasteiger partial charge in [-0.3, -0.25) is 10.1 Å². The minimum Gasteiger partial charge on any atom is -0.377 e. The number of nitro benzene ring substituents is 1. The van der Waals surface area contributed by atoms with Gasteiger partial charge in [-0.05, 0) is 13.0 Å². The summed E-state index contributed by atoms with van der Waals surface area (Å²) in [6.45, 7) is 1.60. The average Bonchev–Trinajstić information content (AvgIpc) is 2.07. The fraction of sp³-hybridized carbons (Fsp3) is 0.333. The molecule has 76 valence electrons. The highest BCUT2D eigenvalue weighted by Crippen LogP contribution is 2.28. The number of nitrogens with zero attached hydrogens (tertiary/aromatic N) is 2. The van der Waals surface area contributed by atoms with Crippen molar-refractivity contribution in [2.45, 2.75) is 6.92 Å². The van der Waals surface area contributed by atoms with Crippen LogP contribution in [0.15, 0.2) is 12.1 Å². The van der Waals surface area contributed by atoms with E-state index in [1.54, 1.807) is 25.9 Å². The molecule has 0 aliphatic heterocycles. The Morgan fingerprint density at radius 1 is 1.43 bits per heavy atom. The maximum absolute atomic E-state index is 13.0. The lowest BCUT2D eigenvalue weighted by molar-refractivity contribution is -0.385. The lowest BCUT2D eigenvalue weighted by atomic mass is 10.1. The van der Waals surface area contributed by atoms with E-state index in [1.807, 2.05) is 0 Å². The molecule has 0 fully saturated rings. The van der Waals surface area contributed by atoms with Crippen LogP contribution >= 0.6 is 0 Å². The van der Waals surface area contributed by atoms with E-state index in [0.29, 0.717) is 11.3 Å². The maximum atomic E-state index is 13.0. The minimum absolute atomic E-state index is 0.186. The van der Waals surface area contributed by atoms with E-state index in [9.17, 15) is 14.5 Å². The van der Waals surface area contributed by atoms with Crippen LogP contribution in [0, 0.1) is 22.9 Å². The van der Waals surface area contributed by atoms with Crippen molar-refractivity contribution in [2.75, 3.05) is 19.0 Å². The van der Waals surface area contributed by atoms with Gasteiger partial charge in [0.1, 0.15) is 5.82 Å². The molecule has 0 saturated heterocycles. The Hall–Kier alpha value is -1.65. The van der Waals surface area contributed by atoms with Crippen molar-refractivity contribution in [2.24, 2.45) is 0 Å². The first-order valence-corrected chi connectivity index (χ1v) is 4.05. The third-order valence-electron chi connectivity index (χ3n) is 2.00. The highest BCUT2D eigenvalue weighted by molar-refractivity contribution is 5.60. The predicted molar refractivity (Wildman–Crippen MR) is 52.1 cm³/mol. The van der Waals surface area contributed by atoms with Crippen molar-refractivity contribution in [3.8, 4) is 0 Å². The third-order valence-corrected chi connectivity index (χ3v) is 2.00. The minimum atomic E-state index is -0.592. The molecule has 1 aromatic carbocycles. The number of halogens is 1. The Labute approximate surface area is 81.1 Å². The van der Waals surface area contributed by atoms with Crippen LogP contribution in [0.3, 0.4) is 0 Å². The van der Waals surface area contributed by atoms with Crippen LogP contribution in [-0.2, 0) is 0 Å². The van der Waals surface area contributed by atoms with Crippen LogP contribution in [-0.4, -0.2) is 19.0 Å². The highest BCUT2D eigenvalue weighted by atomic mass is 19.1. The molecule has 0 aliphatic rings. The summed E-state index contributed by atoms with van der Waals surface area (Å²) in [5.41, 5.74) is 0.812. The zero-order chi connectivity index (χ0) is 10.9. The molecule has 0 radical (unpaired) electrons. The second kappa shape index (κ2) is 3.61. The van der Waals surface area contributed by atoms with Crippen LogP contribution in [0.5, 0.6) is 0 Å². The van der Waals surface area contributed by atoms with Crippen molar-refractivity contribution in [3.63, 3.8) is 0 Å². The van der Waals surface area contributed by atoms with Gasteiger partial charge in [0, 0.05) is 19.8 Å². The highest BCUT2D eigenvalue weighted by Gasteiger charge is 2.16. The van der Waals surface area contributed by atoms with E-state index in [-0.39, 0.29) is 5.69 Å². The van der Waals surface area contributed by atoms with Gasteiger partial charge in [-0.15, -0.1) is 0 Å². The Morgan fingerprint density at radius 3 is 2.43 bits per heavy atom. The zero-order valence-electron chi connectivity index (χ0n) is 8.24. The van der Waals surface area contributed by atoms with E-state index in [1.165, 1.54) is 6.07 Å². The van der Waals surface area contributed by atoms with E-state index in [0.717, 1.165) is 6.07 Å². The summed E-state index contributed by atoms with van der Waals surface area (Å²) in [6, 6.07) is 2.21. The topological polar surface area (TPSA) is 46.4 Å². The molecule has 0 saturated carbocycles. The summed E-state index contributed by atoms with van der Waals surface area (Å²) in [5.74, 6) is -0.592. The molecule has 1 aromatic rings. The van der Waals surface area contributed by atoms with Crippen molar-refractivity contribution < 1.29 is 9.31 Å². The number of benzene rings is 1. The van der Waals surface area contributed by atoms with Gasteiger partial charge in [0.25, 0.3) is 5.69 Å². The van der Waals surface area contributed by atoms with Gasteiger partial charge < -0.3 is 4.90 Å². The average molecular weight is 198 g/mol. The molecule has 1 rings (SSSR count). The molecule has 0 aliphatic carbocycles. The quantitative estimate of drug-likeness (QED) is 0.540. The maximum Gasteiger partial charge on any atom is 0.277 e. The second-order valence-electron chi connectivity index (χ2n) is 3.22. The molecule has 0 spiro atoms. The van der Waals surface area contributed by atoms with Crippen LogP contribution in [0.2, 0.25) is 0 Å². The first-order chi connectivity index (χ1) is 6.43. The number of nitro groups is 1. The van der Waals surface area contributed by atoms with E-state index >= 15 is 0 Å². The molecule has 5 heteroatoms. The smallest absolute Gasteiger partial charge is 0.277 e. The zero-order valence-corrected chi connectivity index (χ0v) is 8.24. The summed E-state index contributed by atoms with van der Waals surface area (Å²) < 4.78 is 13.0. The number of hydrogen-bond acceptors (Lipinski definition) is 3. The summed E-state index contributed by atoms with van der Waals surface area (Å²) in [7, 11) is 3.43. The summed E-state index contributed by atoms with van der Waals surface area (Å²) in [5, 5.41) is 10.6. The van der Waals surface area contributed by atoms with E-state index < -0.39 is 10.7 Å². The van der Waals surface area contributed by atoms with Crippen molar-refractivity contribution in [3.05, 3.63) is 33.6 Å². The molecule has 0 N–H and O–H groups in total. The van der Waals surface area contributed by atoms with Gasteiger partial charge in [0.05, 0.1) is 16.6 Å². The fourth-order valence-corrected chi connectivity index (χ4v) is 1.30. The first kappa shape index (κ1) is 10.4. The van der Waals surface area contributed by atoms with Gasteiger partial charge in [-0.25, -0.2) is 4.39 Å². The van der Waals surface area contributed by atoms with Crippen LogP contribution < -0.4 is 4.90 Å². The monoisotopic (exact) mass is 198 g/mol. The lowest BCUT2D eigenvalue weighted by Crippen LogP contribution is -2.11. The third kappa shape index (κ3) is 1.81. The van der Waals surface area contributed by atoms with Gasteiger partial charge >= 0.3 is 0 Å². The Morgan fingerprint density at radius 2 is 2.00 bits per heavy atom. The van der Waals surface area contributed by atoms with Crippen LogP contribution in [0.25, 0.3) is 0 Å². The largest absolute Gasteiger partial charge is 0.377 e. The van der Waals surface area contributed by atoms with Gasteiger partial charge in [0.2, 0.25) is 0 Å². The molecular weight excluding hydrogens is 187 g/mol. The van der Waals surface area contributed by atoms with Crippen LogP contribution in [0.1, 0.15) is 5.56 Å². The summed E-state index contributed by atoms with van der Waals surface area (Å²) in [6.07, 6.45) is 0. The Balaban J connectivity index is 3.40. The SMILES string of the molecule is Cc1c(N(C)C)cc(F)cc1[N+](=O)[O-]. The molecule has 4 nitrogen and oxygen atoms in total. The Kier molecular flexibility index (Phi) is 2.69. The molecule has 0 heterocycles. The van der Waals surface area contributed by atoms with Crippen molar-refractivity contribution >= 4 is 11.4 Å². The summed E-state index contributed by atoms with van der Waals surface area (Å²) in [4.78, 5) is 11.6. The molecule has 14 heavy (non-hydrogen) atoms. The normalized spacial score (nSPS) is 10.0. The fourth-order valence-electron chi connectivity index (χ4n) is 1.30. The standard InChI is InChI=1S/C9H11FN2O2/c1-6-8(11(2)3)4-7(10)5-9(6)12(13)14/h4-5H,1-3H3. The number of anilines is 1. The number of rotatable bonds is 2. The molecule has 0 bridgehead atoms. The van der Waals surface area contributed by atoms with Crippen LogP contribution in [0.4, 0.5) is 15.8 Å². The van der Waals surface area contributed by atoms with E-state index in [4.69, 9.17) is 0 Å². The van der Waals surface area contributed by atoms with Gasteiger partial charge in [0.15, 0.2) is 0 Å². The summed E-state index contributed by atoms with van der Waals surface area (Å²) >= 11 is 0. The molecule has 0 unspecified atom stereocenters. The first-order valence-electron chi connectivity index (χ1n) is 4.05. The molecule has 0 aromatic heterocycles. The predicted octanol–water partition coefficient (Wildman–Crippen LogP) is 2.11. The number of hydrogen-bond donors (Lipinski definition) is 0. The van der Waals surface area contributed by atoms with Gasteiger partial charge in [-0.1, -0.05) is 0 Å².